The minimum Gasteiger partial charge on any atom is -0.394 e. The van der Waals surface area contributed by atoms with E-state index < -0.39 is 11.7 Å². The van der Waals surface area contributed by atoms with Gasteiger partial charge in [-0.05, 0) is 25.8 Å². The fourth-order valence-corrected chi connectivity index (χ4v) is 2.46. The molecule has 2 aliphatic heterocycles. The second-order valence-corrected chi connectivity index (χ2v) is 3.61. The van der Waals surface area contributed by atoms with Gasteiger partial charge in [0.2, 0.25) is 0 Å². The maximum absolute atomic E-state index is 13.3. The first-order chi connectivity index (χ1) is 5.29. The first-order valence-corrected chi connectivity index (χ1v) is 4.29. The van der Waals surface area contributed by atoms with Crippen molar-refractivity contribution >= 4 is 0 Å². The number of aliphatic hydroxyl groups is 1. The van der Waals surface area contributed by atoms with E-state index in [2.05, 4.69) is 4.90 Å². The highest BCUT2D eigenvalue weighted by Gasteiger charge is 2.51. The van der Waals surface area contributed by atoms with Crippen LogP contribution in [0, 0.1) is 0 Å². The zero-order valence-electron chi connectivity index (χ0n) is 6.59. The lowest BCUT2D eigenvalue weighted by atomic mass is 9.93. The largest absolute Gasteiger partial charge is 0.394 e. The van der Waals surface area contributed by atoms with Gasteiger partial charge in [-0.1, -0.05) is 0 Å². The number of halogens is 1. The Hall–Kier alpha value is -0.150. The van der Waals surface area contributed by atoms with Crippen molar-refractivity contribution in [1.82, 2.24) is 4.90 Å². The maximum atomic E-state index is 13.3. The molecule has 1 N–H and O–H groups in total. The average molecular weight is 159 g/mol. The molecular weight excluding hydrogens is 145 g/mol. The molecule has 0 saturated carbocycles. The van der Waals surface area contributed by atoms with Crippen molar-refractivity contribution in [2.45, 2.75) is 31.0 Å². The van der Waals surface area contributed by atoms with Gasteiger partial charge >= 0.3 is 0 Å². The fraction of sp³-hybridized carbons (Fsp3) is 1.00. The van der Waals surface area contributed by atoms with E-state index in [9.17, 15) is 4.39 Å². The SMILES string of the molecule is OC[C@@]12CCCN1CC[C@H]2F. The Morgan fingerprint density at radius 1 is 1.55 bits per heavy atom. The minimum absolute atomic E-state index is 0.00579. The van der Waals surface area contributed by atoms with Crippen LogP contribution >= 0.6 is 0 Å². The van der Waals surface area contributed by atoms with Crippen LogP contribution in [-0.4, -0.2) is 41.4 Å². The van der Waals surface area contributed by atoms with Gasteiger partial charge in [-0.3, -0.25) is 4.90 Å². The molecule has 64 valence electrons. The van der Waals surface area contributed by atoms with Crippen LogP contribution in [0.5, 0.6) is 0 Å². The third-order valence-corrected chi connectivity index (χ3v) is 3.18. The lowest BCUT2D eigenvalue weighted by Gasteiger charge is -2.31. The van der Waals surface area contributed by atoms with Gasteiger partial charge in [-0.2, -0.15) is 0 Å². The fourth-order valence-electron chi connectivity index (χ4n) is 2.46. The number of fused-ring (bicyclic) bond motifs is 1. The topological polar surface area (TPSA) is 23.5 Å². The molecule has 0 aromatic rings. The molecule has 2 heterocycles. The predicted octanol–water partition coefficient (Wildman–Crippen LogP) is 0.555. The van der Waals surface area contributed by atoms with Crippen LogP contribution in [0.15, 0.2) is 0 Å². The number of aliphatic hydroxyl groups excluding tert-OH is 1. The third kappa shape index (κ3) is 0.842. The zero-order valence-corrected chi connectivity index (χ0v) is 6.59. The molecule has 0 amide bonds. The van der Waals surface area contributed by atoms with Gasteiger partial charge in [0.15, 0.2) is 0 Å². The van der Waals surface area contributed by atoms with E-state index in [1.165, 1.54) is 0 Å². The van der Waals surface area contributed by atoms with Crippen LogP contribution < -0.4 is 0 Å². The molecule has 0 bridgehead atoms. The summed E-state index contributed by atoms with van der Waals surface area (Å²) >= 11 is 0. The minimum atomic E-state index is -0.796. The zero-order chi connectivity index (χ0) is 7.90. The highest BCUT2D eigenvalue weighted by atomic mass is 19.1. The second kappa shape index (κ2) is 2.42. The van der Waals surface area contributed by atoms with Crippen molar-refractivity contribution in [3.8, 4) is 0 Å². The smallest absolute Gasteiger partial charge is 0.122 e. The van der Waals surface area contributed by atoms with Gasteiger partial charge in [0, 0.05) is 6.54 Å². The van der Waals surface area contributed by atoms with E-state index in [1.54, 1.807) is 0 Å². The monoisotopic (exact) mass is 159 g/mol. The molecule has 2 atom stereocenters. The first kappa shape index (κ1) is 7.50. The van der Waals surface area contributed by atoms with E-state index in [0.29, 0.717) is 6.42 Å². The summed E-state index contributed by atoms with van der Waals surface area (Å²) in [4.78, 5) is 2.11. The standard InChI is InChI=1S/C8H14FNO/c9-7-2-5-10-4-1-3-8(7,10)6-11/h7,11H,1-6H2/t7-,8-/m1/s1. The van der Waals surface area contributed by atoms with Gasteiger partial charge in [-0.25, -0.2) is 4.39 Å². The van der Waals surface area contributed by atoms with Crippen LogP contribution in [0.4, 0.5) is 4.39 Å². The Bertz CT molecular complexity index is 164. The molecule has 0 unspecified atom stereocenters. The summed E-state index contributed by atoms with van der Waals surface area (Å²) in [7, 11) is 0. The summed E-state index contributed by atoms with van der Waals surface area (Å²) < 4.78 is 13.3. The molecule has 0 aliphatic carbocycles. The van der Waals surface area contributed by atoms with Crippen LogP contribution in [0.2, 0.25) is 0 Å². The summed E-state index contributed by atoms with van der Waals surface area (Å²) in [6.45, 7) is 1.80. The molecule has 2 rings (SSSR count). The van der Waals surface area contributed by atoms with Crippen molar-refractivity contribution in [2.24, 2.45) is 0 Å². The van der Waals surface area contributed by atoms with Crippen LogP contribution in [0.1, 0.15) is 19.3 Å². The van der Waals surface area contributed by atoms with E-state index >= 15 is 0 Å². The predicted molar refractivity (Wildman–Crippen MR) is 40.1 cm³/mol. The van der Waals surface area contributed by atoms with E-state index in [-0.39, 0.29) is 6.61 Å². The van der Waals surface area contributed by atoms with Crippen molar-refractivity contribution < 1.29 is 9.50 Å². The second-order valence-electron chi connectivity index (χ2n) is 3.61. The van der Waals surface area contributed by atoms with Crippen molar-refractivity contribution in [3.63, 3.8) is 0 Å². The summed E-state index contributed by atoms with van der Waals surface area (Å²) in [6, 6.07) is 0. The summed E-state index contributed by atoms with van der Waals surface area (Å²) in [5.41, 5.74) is -0.472. The normalized spacial score (nSPS) is 44.7. The number of hydrogen-bond acceptors (Lipinski definition) is 2. The molecule has 2 aliphatic rings. The molecular formula is C8H14FNO. The number of alkyl halides is 1. The van der Waals surface area contributed by atoms with Crippen LogP contribution in [0.25, 0.3) is 0 Å². The molecule has 0 aromatic heterocycles. The van der Waals surface area contributed by atoms with Crippen molar-refractivity contribution in [3.05, 3.63) is 0 Å². The van der Waals surface area contributed by atoms with E-state index in [4.69, 9.17) is 5.11 Å². The highest BCUT2D eigenvalue weighted by molar-refractivity contribution is 5.05. The van der Waals surface area contributed by atoms with Crippen LogP contribution in [-0.2, 0) is 0 Å². The van der Waals surface area contributed by atoms with Gasteiger partial charge in [-0.15, -0.1) is 0 Å². The quantitative estimate of drug-likeness (QED) is 0.604. The molecule has 2 fully saturated rings. The number of nitrogens with zero attached hydrogens (tertiary/aromatic N) is 1. The third-order valence-electron chi connectivity index (χ3n) is 3.18. The Labute approximate surface area is 66.0 Å². The summed E-state index contributed by atoms with van der Waals surface area (Å²) in [5, 5.41) is 9.12. The van der Waals surface area contributed by atoms with Gasteiger partial charge in [0.1, 0.15) is 6.17 Å². The van der Waals surface area contributed by atoms with E-state index in [1.807, 2.05) is 0 Å². The Morgan fingerprint density at radius 3 is 3.00 bits per heavy atom. The molecule has 2 saturated heterocycles. The average Bonchev–Trinajstić information content (AvgIpc) is 2.53. The maximum Gasteiger partial charge on any atom is 0.122 e. The molecule has 0 aromatic carbocycles. The van der Waals surface area contributed by atoms with Gasteiger partial charge in [0.25, 0.3) is 0 Å². The van der Waals surface area contributed by atoms with E-state index in [0.717, 1.165) is 25.9 Å². The highest BCUT2D eigenvalue weighted by Crippen LogP contribution is 2.40. The molecule has 11 heavy (non-hydrogen) atoms. The molecule has 2 nitrogen and oxygen atoms in total. The summed E-state index contributed by atoms with van der Waals surface area (Å²) in [6.07, 6.45) is 1.70. The first-order valence-electron chi connectivity index (χ1n) is 4.29. The molecule has 0 radical (unpaired) electrons. The number of rotatable bonds is 1. The van der Waals surface area contributed by atoms with Crippen molar-refractivity contribution in [1.29, 1.82) is 0 Å². The number of hydrogen-bond donors (Lipinski definition) is 1. The Morgan fingerprint density at radius 2 is 2.36 bits per heavy atom. The Kier molecular flexibility index (Phi) is 1.65. The van der Waals surface area contributed by atoms with Crippen molar-refractivity contribution in [2.75, 3.05) is 19.7 Å². The Balaban J connectivity index is 2.22. The molecule has 3 heteroatoms. The summed E-state index contributed by atoms with van der Waals surface area (Å²) in [5.74, 6) is 0. The van der Waals surface area contributed by atoms with Crippen LogP contribution in [0.3, 0.4) is 0 Å². The molecule has 0 spiro atoms. The van der Waals surface area contributed by atoms with Gasteiger partial charge in [0.05, 0.1) is 12.1 Å². The lowest BCUT2D eigenvalue weighted by molar-refractivity contribution is 0.0500. The van der Waals surface area contributed by atoms with Gasteiger partial charge < -0.3 is 5.11 Å². The lowest BCUT2D eigenvalue weighted by Crippen LogP contribution is -2.47.